The molecule has 0 spiro atoms. The topological polar surface area (TPSA) is 34.1 Å². The molecule has 0 aromatic carbocycles. The van der Waals surface area contributed by atoms with Gasteiger partial charge in [-0.3, -0.25) is 4.79 Å². The van der Waals surface area contributed by atoms with Gasteiger partial charge in [0.2, 0.25) is 0 Å². The fourth-order valence-electron chi connectivity index (χ4n) is 2.06. The van der Waals surface area contributed by atoms with E-state index in [1.54, 1.807) is 6.92 Å². The van der Waals surface area contributed by atoms with Gasteiger partial charge in [0.05, 0.1) is 0 Å². The third kappa shape index (κ3) is 2.64. The van der Waals surface area contributed by atoms with Crippen molar-refractivity contribution in [3.05, 3.63) is 0 Å². The highest BCUT2D eigenvalue weighted by atomic mass is 16.1. The van der Waals surface area contributed by atoms with Crippen molar-refractivity contribution in [1.82, 2.24) is 0 Å². The second-order valence-electron chi connectivity index (χ2n) is 4.82. The number of rotatable bonds is 3. The van der Waals surface area contributed by atoms with Gasteiger partial charge in [0, 0.05) is 18.3 Å². The molecule has 0 unspecified atom stereocenters. The largest absolute Gasteiger partial charge is 0.300 e. The van der Waals surface area contributed by atoms with E-state index >= 15 is 0 Å². The summed E-state index contributed by atoms with van der Waals surface area (Å²) in [4.78, 5) is 22.2. The first-order valence-corrected chi connectivity index (χ1v) is 4.94. The van der Waals surface area contributed by atoms with E-state index in [1.807, 2.05) is 13.8 Å². The van der Waals surface area contributed by atoms with Gasteiger partial charge in [-0.25, -0.2) is 0 Å². The molecule has 0 aromatic heterocycles. The van der Waals surface area contributed by atoms with Crippen LogP contribution in [0.15, 0.2) is 0 Å². The van der Waals surface area contributed by atoms with E-state index < -0.39 is 0 Å². The first-order chi connectivity index (χ1) is 5.92. The average Bonchev–Trinajstić information content (AvgIpc) is 2.22. The Morgan fingerprint density at radius 2 is 2.15 bits per heavy atom. The Hall–Kier alpha value is -0.660. The van der Waals surface area contributed by atoms with Crippen molar-refractivity contribution < 1.29 is 9.59 Å². The Morgan fingerprint density at radius 3 is 2.54 bits per heavy atom. The minimum Gasteiger partial charge on any atom is -0.300 e. The van der Waals surface area contributed by atoms with Crippen molar-refractivity contribution >= 4 is 11.6 Å². The van der Waals surface area contributed by atoms with Crippen LogP contribution in [-0.2, 0) is 9.59 Å². The van der Waals surface area contributed by atoms with Crippen LogP contribution in [0.2, 0.25) is 0 Å². The second-order valence-corrected chi connectivity index (χ2v) is 4.82. The molecule has 0 saturated heterocycles. The lowest BCUT2D eigenvalue weighted by Crippen LogP contribution is -2.15. The SMILES string of the molecule is CC(=O)CC[C@H]1CC(=O)C(C)(C)C1. The minimum atomic E-state index is -0.137. The summed E-state index contributed by atoms with van der Waals surface area (Å²) >= 11 is 0. The number of ketones is 2. The van der Waals surface area contributed by atoms with E-state index in [1.165, 1.54) is 0 Å². The summed E-state index contributed by atoms with van der Waals surface area (Å²) in [6.07, 6.45) is 3.16. The molecular weight excluding hydrogens is 164 g/mol. The number of hydrogen-bond acceptors (Lipinski definition) is 2. The molecule has 2 heteroatoms. The first-order valence-electron chi connectivity index (χ1n) is 4.94. The van der Waals surface area contributed by atoms with E-state index in [0.29, 0.717) is 24.5 Å². The molecule has 74 valence electrons. The third-order valence-corrected chi connectivity index (χ3v) is 2.93. The lowest BCUT2D eigenvalue weighted by Gasteiger charge is -2.14. The predicted molar refractivity (Wildman–Crippen MR) is 51.4 cm³/mol. The van der Waals surface area contributed by atoms with Gasteiger partial charge in [0.1, 0.15) is 11.6 Å². The van der Waals surface area contributed by atoms with E-state index in [0.717, 1.165) is 12.8 Å². The van der Waals surface area contributed by atoms with Crippen LogP contribution in [0.5, 0.6) is 0 Å². The maximum absolute atomic E-state index is 11.5. The van der Waals surface area contributed by atoms with Crippen molar-refractivity contribution in [3.63, 3.8) is 0 Å². The predicted octanol–water partition coefficient (Wildman–Crippen LogP) is 2.36. The van der Waals surface area contributed by atoms with Gasteiger partial charge in [-0.2, -0.15) is 0 Å². The molecule has 2 nitrogen and oxygen atoms in total. The summed E-state index contributed by atoms with van der Waals surface area (Å²) in [6, 6.07) is 0. The normalized spacial score (nSPS) is 26.4. The lowest BCUT2D eigenvalue weighted by molar-refractivity contribution is -0.124. The standard InChI is InChI=1S/C11H18O2/c1-8(12)4-5-9-6-10(13)11(2,3)7-9/h9H,4-7H2,1-3H3/t9-/m0/s1. The maximum atomic E-state index is 11.5. The Kier molecular flexibility index (Phi) is 2.89. The van der Waals surface area contributed by atoms with E-state index in [9.17, 15) is 9.59 Å². The van der Waals surface area contributed by atoms with E-state index in [2.05, 4.69) is 0 Å². The molecule has 1 saturated carbocycles. The van der Waals surface area contributed by atoms with Crippen LogP contribution in [0.25, 0.3) is 0 Å². The minimum absolute atomic E-state index is 0.137. The van der Waals surface area contributed by atoms with Crippen molar-refractivity contribution in [2.24, 2.45) is 11.3 Å². The zero-order valence-corrected chi connectivity index (χ0v) is 8.72. The van der Waals surface area contributed by atoms with Crippen molar-refractivity contribution in [1.29, 1.82) is 0 Å². The summed E-state index contributed by atoms with van der Waals surface area (Å²) in [7, 11) is 0. The Labute approximate surface area is 79.7 Å². The number of carbonyl (C=O) groups is 2. The Morgan fingerprint density at radius 1 is 1.54 bits per heavy atom. The fraction of sp³-hybridized carbons (Fsp3) is 0.818. The average molecular weight is 182 g/mol. The molecule has 1 aliphatic carbocycles. The molecule has 1 aliphatic rings. The molecule has 0 heterocycles. The van der Waals surface area contributed by atoms with Gasteiger partial charge >= 0.3 is 0 Å². The summed E-state index contributed by atoms with van der Waals surface area (Å²) in [5.41, 5.74) is -0.137. The van der Waals surface area contributed by atoms with E-state index in [4.69, 9.17) is 0 Å². The van der Waals surface area contributed by atoms with Gasteiger partial charge in [-0.15, -0.1) is 0 Å². The van der Waals surface area contributed by atoms with Crippen LogP contribution < -0.4 is 0 Å². The van der Waals surface area contributed by atoms with Crippen LogP contribution in [-0.4, -0.2) is 11.6 Å². The quantitative estimate of drug-likeness (QED) is 0.671. The van der Waals surface area contributed by atoms with E-state index in [-0.39, 0.29) is 11.2 Å². The maximum Gasteiger partial charge on any atom is 0.138 e. The Balaban J connectivity index is 2.41. The molecule has 1 rings (SSSR count). The molecule has 0 radical (unpaired) electrons. The number of carbonyl (C=O) groups excluding carboxylic acids is 2. The third-order valence-electron chi connectivity index (χ3n) is 2.93. The van der Waals surface area contributed by atoms with Crippen LogP contribution in [0.3, 0.4) is 0 Å². The van der Waals surface area contributed by atoms with Gasteiger partial charge in [0.25, 0.3) is 0 Å². The van der Waals surface area contributed by atoms with Gasteiger partial charge in [-0.1, -0.05) is 13.8 Å². The smallest absolute Gasteiger partial charge is 0.138 e. The van der Waals surface area contributed by atoms with Crippen LogP contribution in [0.4, 0.5) is 0 Å². The fourth-order valence-corrected chi connectivity index (χ4v) is 2.06. The molecule has 1 atom stereocenters. The zero-order chi connectivity index (χ0) is 10.1. The van der Waals surface area contributed by atoms with Crippen LogP contribution in [0, 0.1) is 11.3 Å². The summed E-state index contributed by atoms with van der Waals surface area (Å²) < 4.78 is 0. The molecular formula is C11H18O2. The zero-order valence-electron chi connectivity index (χ0n) is 8.72. The molecule has 0 N–H and O–H groups in total. The first kappa shape index (κ1) is 10.4. The van der Waals surface area contributed by atoms with Gasteiger partial charge in [-0.05, 0) is 25.7 Å². The highest BCUT2D eigenvalue weighted by Crippen LogP contribution is 2.39. The Bertz CT molecular complexity index is 228. The van der Waals surface area contributed by atoms with Crippen molar-refractivity contribution in [2.45, 2.75) is 46.5 Å². The van der Waals surface area contributed by atoms with Crippen molar-refractivity contribution in [2.75, 3.05) is 0 Å². The highest BCUT2D eigenvalue weighted by molar-refractivity contribution is 5.86. The van der Waals surface area contributed by atoms with Crippen molar-refractivity contribution in [3.8, 4) is 0 Å². The molecule has 13 heavy (non-hydrogen) atoms. The molecule has 0 aromatic rings. The second kappa shape index (κ2) is 3.60. The van der Waals surface area contributed by atoms with Gasteiger partial charge in [0.15, 0.2) is 0 Å². The highest BCUT2D eigenvalue weighted by Gasteiger charge is 2.38. The molecule has 0 bridgehead atoms. The van der Waals surface area contributed by atoms with Gasteiger partial charge < -0.3 is 4.79 Å². The lowest BCUT2D eigenvalue weighted by atomic mass is 9.89. The number of hydrogen-bond donors (Lipinski definition) is 0. The van der Waals surface area contributed by atoms with Crippen LogP contribution >= 0.6 is 0 Å². The summed E-state index contributed by atoms with van der Waals surface area (Å²) in [5, 5.41) is 0. The van der Waals surface area contributed by atoms with Crippen LogP contribution in [0.1, 0.15) is 46.5 Å². The summed E-state index contributed by atoms with van der Waals surface area (Å²) in [5.74, 6) is 1.05. The molecule has 0 amide bonds. The monoisotopic (exact) mass is 182 g/mol. The summed E-state index contributed by atoms with van der Waals surface area (Å²) in [6.45, 7) is 5.62. The molecule has 0 aliphatic heterocycles. The number of Topliss-reactive ketones (excluding diaryl/α,β-unsaturated/α-hetero) is 2. The molecule has 1 fully saturated rings.